The van der Waals surface area contributed by atoms with E-state index in [9.17, 15) is 0 Å². The third-order valence-electron chi connectivity index (χ3n) is 1.99. The molecule has 2 aromatic rings. The molecule has 0 aliphatic carbocycles. The summed E-state index contributed by atoms with van der Waals surface area (Å²) in [5, 5.41) is 0. The third-order valence-corrected chi connectivity index (χ3v) is 1.99. The van der Waals surface area contributed by atoms with Crippen LogP contribution >= 0.6 is 0 Å². The second-order valence-electron chi connectivity index (χ2n) is 3.50. The van der Waals surface area contributed by atoms with Gasteiger partial charge in [-0.15, -0.1) is 0 Å². The minimum Gasteiger partial charge on any atom is -0.489 e. The Bertz CT molecular complexity index is 347. The molecular formula is C15H19NO. The molecule has 0 radical (unpaired) electrons. The number of para-hydroxylation sites is 1. The zero-order chi connectivity index (χ0) is 12.3. The van der Waals surface area contributed by atoms with E-state index in [0.717, 1.165) is 12.3 Å². The topological polar surface area (TPSA) is 35.2 Å². The van der Waals surface area contributed by atoms with Crippen molar-refractivity contribution in [3.63, 3.8) is 0 Å². The molecule has 17 heavy (non-hydrogen) atoms. The summed E-state index contributed by atoms with van der Waals surface area (Å²) in [6, 6.07) is 20.0. The van der Waals surface area contributed by atoms with E-state index in [-0.39, 0.29) is 0 Å². The van der Waals surface area contributed by atoms with Gasteiger partial charge in [0.25, 0.3) is 0 Å². The van der Waals surface area contributed by atoms with Crippen LogP contribution in [0.5, 0.6) is 5.75 Å². The Morgan fingerprint density at radius 1 is 0.882 bits per heavy atom. The van der Waals surface area contributed by atoms with E-state index in [0.29, 0.717) is 6.61 Å². The van der Waals surface area contributed by atoms with Crippen molar-refractivity contribution in [2.75, 3.05) is 6.54 Å². The summed E-state index contributed by atoms with van der Waals surface area (Å²) in [6.45, 7) is 3.28. The first kappa shape index (κ1) is 13.3. The van der Waals surface area contributed by atoms with Crippen molar-refractivity contribution in [1.82, 2.24) is 0 Å². The van der Waals surface area contributed by atoms with Crippen LogP contribution < -0.4 is 10.5 Å². The summed E-state index contributed by atoms with van der Waals surface area (Å²) >= 11 is 0. The van der Waals surface area contributed by atoms with Crippen LogP contribution in [-0.4, -0.2) is 6.54 Å². The fourth-order valence-corrected chi connectivity index (χ4v) is 1.26. The van der Waals surface area contributed by atoms with Gasteiger partial charge in [0.05, 0.1) is 0 Å². The normalized spacial score (nSPS) is 9.06. The molecule has 2 N–H and O–H groups in total. The highest BCUT2D eigenvalue weighted by Crippen LogP contribution is 2.10. The first-order valence-corrected chi connectivity index (χ1v) is 5.78. The monoisotopic (exact) mass is 229 g/mol. The quantitative estimate of drug-likeness (QED) is 0.877. The largest absolute Gasteiger partial charge is 0.489 e. The first-order valence-electron chi connectivity index (χ1n) is 5.78. The highest BCUT2D eigenvalue weighted by atomic mass is 16.5. The van der Waals surface area contributed by atoms with Crippen LogP contribution in [0.25, 0.3) is 0 Å². The Kier molecular flexibility index (Phi) is 6.53. The summed E-state index contributed by atoms with van der Waals surface area (Å²) in [6.07, 6.45) is 0. The Morgan fingerprint density at radius 2 is 1.35 bits per heavy atom. The summed E-state index contributed by atoms with van der Waals surface area (Å²) in [5.74, 6) is 0.913. The molecule has 0 aliphatic rings. The predicted molar refractivity (Wildman–Crippen MR) is 71.9 cm³/mol. The Hall–Kier alpha value is -1.80. The third kappa shape index (κ3) is 5.73. The van der Waals surface area contributed by atoms with Gasteiger partial charge < -0.3 is 10.5 Å². The van der Waals surface area contributed by atoms with E-state index >= 15 is 0 Å². The molecular weight excluding hydrogens is 210 g/mol. The Balaban J connectivity index is 0.000000437. The van der Waals surface area contributed by atoms with Crippen molar-refractivity contribution in [1.29, 1.82) is 0 Å². The van der Waals surface area contributed by atoms with Gasteiger partial charge in [-0.25, -0.2) is 0 Å². The van der Waals surface area contributed by atoms with Crippen LogP contribution in [0.15, 0.2) is 60.7 Å². The number of benzene rings is 2. The van der Waals surface area contributed by atoms with Crippen LogP contribution in [0.4, 0.5) is 0 Å². The molecule has 0 unspecified atom stereocenters. The van der Waals surface area contributed by atoms with E-state index in [1.54, 1.807) is 0 Å². The fourth-order valence-electron chi connectivity index (χ4n) is 1.26. The molecule has 0 spiro atoms. The lowest BCUT2D eigenvalue weighted by Crippen LogP contribution is -1.94. The molecule has 2 heteroatoms. The maximum Gasteiger partial charge on any atom is 0.119 e. The SMILES string of the molecule is CCN.c1ccc(COc2ccccc2)cc1. The standard InChI is InChI=1S/C13H12O.C2H7N/c1-3-7-12(8-4-1)11-14-13-9-5-2-6-10-13;1-2-3/h1-10H,11H2;2-3H2,1H3. The molecule has 0 saturated carbocycles. The Morgan fingerprint density at radius 3 is 1.88 bits per heavy atom. The molecule has 2 rings (SSSR count). The molecule has 0 atom stereocenters. The highest BCUT2D eigenvalue weighted by Gasteiger charge is 1.92. The summed E-state index contributed by atoms with van der Waals surface area (Å²) in [4.78, 5) is 0. The van der Waals surface area contributed by atoms with Gasteiger partial charge in [-0.3, -0.25) is 0 Å². The molecule has 0 aliphatic heterocycles. The zero-order valence-corrected chi connectivity index (χ0v) is 10.2. The van der Waals surface area contributed by atoms with Gasteiger partial charge in [0.15, 0.2) is 0 Å². The van der Waals surface area contributed by atoms with Crippen molar-refractivity contribution in [2.45, 2.75) is 13.5 Å². The summed E-state index contributed by atoms with van der Waals surface area (Å²) in [5.41, 5.74) is 6.04. The summed E-state index contributed by atoms with van der Waals surface area (Å²) < 4.78 is 5.59. The molecule has 0 amide bonds. The predicted octanol–water partition coefficient (Wildman–Crippen LogP) is 3.23. The van der Waals surface area contributed by atoms with Crippen molar-refractivity contribution in [2.24, 2.45) is 5.73 Å². The molecule has 0 saturated heterocycles. The van der Waals surface area contributed by atoms with Crippen LogP contribution in [0.1, 0.15) is 12.5 Å². The number of hydrogen-bond donors (Lipinski definition) is 1. The zero-order valence-electron chi connectivity index (χ0n) is 10.2. The molecule has 0 fully saturated rings. The van der Waals surface area contributed by atoms with Crippen LogP contribution in [0.2, 0.25) is 0 Å². The fraction of sp³-hybridized carbons (Fsp3) is 0.200. The maximum absolute atomic E-state index is 5.59. The Labute approximate surface area is 103 Å². The van der Waals surface area contributed by atoms with Crippen LogP contribution in [-0.2, 0) is 6.61 Å². The van der Waals surface area contributed by atoms with E-state index < -0.39 is 0 Å². The van der Waals surface area contributed by atoms with Gasteiger partial charge >= 0.3 is 0 Å². The second-order valence-corrected chi connectivity index (χ2v) is 3.50. The lowest BCUT2D eigenvalue weighted by Gasteiger charge is -2.05. The van der Waals surface area contributed by atoms with E-state index in [2.05, 4.69) is 12.1 Å². The van der Waals surface area contributed by atoms with Gasteiger partial charge in [-0.2, -0.15) is 0 Å². The lowest BCUT2D eigenvalue weighted by atomic mass is 10.2. The average molecular weight is 229 g/mol. The van der Waals surface area contributed by atoms with Gasteiger partial charge in [-0.05, 0) is 24.2 Å². The van der Waals surface area contributed by atoms with Crippen LogP contribution in [0.3, 0.4) is 0 Å². The summed E-state index contributed by atoms with van der Waals surface area (Å²) in [7, 11) is 0. The van der Waals surface area contributed by atoms with Gasteiger partial charge in [-0.1, -0.05) is 55.5 Å². The number of rotatable bonds is 3. The molecule has 0 heterocycles. The van der Waals surface area contributed by atoms with E-state index in [1.165, 1.54) is 5.56 Å². The second kappa shape index (κ2) is 8.36. The lowest BCUT2D eigenvalue weighted by molar-refractivity contribution is 0.306. The van der Waals surface area contributed by atoms with E-state index in [4.69, 9.17) is 10.5 Å². The smallest absolute Gasteiger partial charge is 0.119 e. The van der Waals surface area contributed by atoms with Crippen LogP contribution in [0, 0.1) is 0 Å². The van der Waals surface area contributed by atoms with E-state index in [1.807, 2.05) is 55.5 Å². The van der Waals surface area contributed by atoms with Gasteiger partial charge in [0, 0.05) is 0 Å². The number of ether oxygens (including phenoxy) is 1. The molecule has 0 bridgehead atoms. The van der Waals surface area contributed by atoms with Crippen molar-refractivity contribution >= 4 is 0 Å². The minimum atomic E-state index is 0.630. The minimum absolute atomic E-state index is 0.630. The van der Waals surface area contributed by atoms with Crippen molar-refractivity contribution in [3.8, 4) is 5.75 Å². The molecule has 2 nitrogen and oxygen atoms in total. The molecule has 90 valence electrons. The highest BCUT2D eigenvalue weighted by molar-refractivity contribution is 5.22. The number of nitrogens with two attached hydrogens (primary N) is 1. The van der Waals surface area contributed by atoms with Gasteiger partial charge in [0.1, 0.15) is 12.4 Å². The first-order chi connectivity index (χ1) is 8.36. The average Bonchev–Trinajstić information content (AvgIpc) is 2.40. The van der Waals surface area contributed by atoms with Crippen molar-refractivity contribution in [3.05, 3.63) is 66.2 Å². The van der Waals surface area contributed by atoms with Gasteiger partial charge in [0.2, 0.25) is 0 Å². The molecule has 0 aromatic heterocycles. The molecule has 2 aromatic carbocycles. The number of hydrogen-bond acceptors (Lipinski definition) is 2. The maximum atomic E-state index is 5.59. The van der Waals surface area contributed by atoms with Crippen molar-refractivity contribution < 1.29 is 4.74 Å².